The number of para-hydroxylation sites is 1. The summed E-state index contributed by atoms with van der Waals surface area (Å²) in [6, 6.07) is 20.8. The third kappa shape index (κ3) is 4.53. The van der Waals surface area contributed by atoms with E-state index in [-0.39, 0.29) is 5.91 Å². The van der Waals surface area contributed by atoms with E-state index in [2.05, 4.69) is 0 Å². The number of rotatable bonds is 8. The Labute approximate surface area is 191 Å². The summed E-state index contributed by atoms with van der Waals surface area (Å²) in [5, 5.41) is 0.600. The van der Waals surface area contributed by atoms with Gasteiger partial charge in [-0.2, -0.15) is 0 Å². The molecule has 0 spiro atoms. The Morgan fingerprint density at radius 3 is 2.34 bits per heavy atom. The number of methoxy groups -OCH3 is 2. The monoisotopic (exact) mass is 448 g/mol. The third-order valence-corrected chi connectivity index (χ3v) is 5.97. The summed E-state index contributed by atoms with van der Waals surface area (Å²) < 4.78 is 17.4. The lowest BCUT2D eigenvalue weighted by Gasteiger charge is -2.21. The van der Waals surface area contributed by atoms with Crippen LogP contribution < -0.4 is 19.1 Å². The van der Waals surface area contributed by atoms with Crippen molar-refractivity contribution in [2.45, 2.75) is 13.5 Å². The third-order valence-electron chi connectivity index (χ3n) is 4.93. The predicted octanol–water partition coefficient (Wildman–Crippen LogP) is 5.56. The molecule has 0 atom stereocenters. The summed E-state index contributed by atoms with van der Waals surface area (Å²) in [7, 11) is 3.13. The van der Waals surface area contributed by atoms with E-state index in [9.17, 15) is 4.79 Å². The van der Waals surface area contributed by atoms with Crippen LogP contribution in [0.3, 0.4) is 0 Å². The first kappa shape index (κ1) is 21.6. The Bertz CT molecular complexity index is 1200. The lowest BCUT2D eigenvalue weighted by atomic mass is 10.1. The molecule has 0 radical (unpaired) electrons. The first-order chi connectivity index (χ1) is 15.6. The Balaban J connectivity index is 1.80. The molecule has 7 heteroatoms. The zero-order valence-electron chi connectivity index (χ0n) is 18.2. The summed E-state index contributed by atoms with van der Waals surface area (Å²) in [6.45, 7) is 2.86. The van der Waals surface area contributed by atoms with Crippen LogP contribution >= 0.6 is 11.3 Å². The van der Waals surface area contributed by atoms with Crippen molar-refractivity contribution in [3.8, 4) is 17.2 Å². The van der Waals surface area contributed by atoms with E-state index in [1.807, 2.05) is 55.5 Å². The molecular weight excluding hydrogens is 424 g/mol. The van der Waals surface area contributed by atoms with Crippen LogP contribution in [0.2, 0.25) is 0 Å². The lowest BCUT2D eigenvalue weighted by molar-refractivity contribution is 0.0984. The van der Waals surface area contributed by atoms with Gasteiger partial charge in [-0.05, 0) is 36.8 Å². The van der Waals surface area contributed by atoms with Gasteiger partial charge in [0, 0.05) is 11.6 Å². The van der Waals surface area contributed by atoms with Crippen LogP contribution in [-0.2, 0) is 6.54 Å². The van der Waals surface area contributed by atoms with E-state index in [4.69, 9.17) is 19.2 Å². The highest BCUT2D eigenvalue weighted by atomic mass is 32.1. The van der Waals surface area contributed by atoms with Gasteiger partial charge in [-0.15, -0.1) is 0 Å². The number of hydrogen-bond acceptors (Lipinski definition) is 6. The minimum atomic E-state index is -0.192. The van der Waals surface area contributed by atoms with E-state index < -0.39 is 0 Å². The number of carbonyl (C=O) groups excluding carboxylic acids is 1. The van der Waals surface area contributed by atoms with Crippen molar-refractivity contribution in [2.75, 3.05) is 25.7 Å². The molecular formula is C25H24N2O4S. The van der Waals surface area contributed by atoms with Gasteiger partial charge < -0.3 is 14.2 Å². The van der Waals surface area contributed by atoms with Crippen molar-refractivity contribution in [1.82, 2.24) is 4.98 Å². The summed E-state index contributed by atoms with van der Waals surface area (Å²) >= 11 is 1.46. The highest BCUT2D eigenvalue weighted by Crippen LogP contribution is 2.36. The molecule has 1 aromatic heterocycles. The Hall–Kier alpha value is -3.58. The van der Waals surface area contributed by atoms with Gasteiger partial charge in [-0.1, -0.05) is 47.7 Å². The van der Waals surface area contributed by atoms with Gasteiger partial charge >= 0.3 is 0 Å². The average Bonchev–Trinajstić information content (AvgIpc) is 3.27. The Kier molecular flexibility index (Phi) is 6.56. The van der Waals surface area contributed by atoms with Crippen LogP contribution in [0.1, 0.15) is 22.8 Å². The number of thiazole rings is 1. The first-order valence-electron chi connectivity index (χ1n) is 10.2. The molecule has 0 saturated carbocycles. The fourth-order valence-corrected chi connectivity index (χ4v) is 4.36. The van der Waals surface area contributed by atoms with Crippen LogP contribution in [0.4, 0.5) is 5.13 Å². The number of nitrogens with zero attached hydrogens (tertiary/aromatic N) is 2. The number of amides is 1. The minimum Gasteiger partial charge on any atom is -0.497 e. The smallest absolute Gasteiger partial charge is 0.260 e. The Morgan fingerprint density at radius 1 is 0.969 bits per heavy atom. The molecule has 0 saturated heterocycles. The first-order valence-corrected chi connectivity index (χ1v) is 11.1. The minimum absolute atomic E-state index is 0.192. The number of benzene rings is 3. The Morgan fingerprint density at radius 2 is 1.69 bits per heavy atom. The SMILES string of the molecule is CCOc1cccc2sc(N(Cc3ccccc3)C(=O)c3cc(OC)cc(OC)c3)nc12. The van der Waals surface area contributed by atoms with Gasteiger partial charge in [-0.25, -0.2) is 4.98 Å². The molecule has 164 valence electrons. The average molecular weight is 449 g/mol. The molecule has 32 heavy (non-hydrogen) atoms. The second-order valence-corrected chi connectivity index (χ2v) is 8.02. The van der Waals surface area contributed by atoms with Gasteiger partial charge in [0.15, 0.2) is 5.13 Å². The van der Waals surface area contributed by atoms with Crippen LogP contribution in [0.25, 0.3) is 10.2 Å². The van der Waals surface area contributed by atoms with Crippen molar-refractivity contribution in [3.05, 3.63) is 77.9 Å². The molecule has 0 fully saturated rings. The van der Waals surface area contributed by atoms with Crippen molar-refractivity contribution < 1.29 is 19.0 Å². The standard InChI is InChI=1S/C25H24N2O4S/c1-4-31-21-11-8-12-22-23(21)26-25(32-22)27(16-17-9-6-5-7-10-17)24(28)18-13-19(29-2)15-20(14-18)30-3/h5-15H,4,16H2,1-3H3. The number of aromatic nitrogens is 1. The maximum absolute atomic E-state index is 13.7. The molecule has 0 aliphatic rings. The number of fused-ring (bicyclic) bond motifs is 1. The second-order valence-electron chi connectivity index (χ2n) is 7.01. The molecule has 0 unspecified atom stereocenters. The van der Waals surface area contributed by atoms with Gasteiger partial charge in [0.1, 0.15) is 22.8 Å². The second kappa shape index (κ2) is 9.70. The van der Waals surface area contributed by atoms with Crippen LogP contribution in [0.5, 0.6) is 17.2 Å². The summed E-state index contributed by atoms with van der Waals surface area (Å²) in [4.78, 5) is 20.2. The van der Waals surface area contributed by atoms with Gasteiger partial charge in [0.25, 0.3) is 5.91 Å². The zero-order valence-corrected chi connectivity index (χ0v) is 19.0. The largest absolute Gasteiger partial charge is 0.497 e. The number of anilines is 1. The van der Waals surface area contributed by atoms with Gasteiger partial charge in [0.05, 0.1) is 32.1 Å². The van der Waals surface area contributed by atoms with Crippen LogP contribution in [0.15, 0.2) is 66.7 Å². The van der Waals surface area contributed by atoms with Gasteiger partial charge in [0.2, 0.25) is 0 Å². The molecule has 4 rings (SSSR count). The number of hydrogen-bond donors (Lipinski definition) is 0. The van der Waals surface area contributed by atoms with E-state index in [0.29, 0.717) is 41.1 Å². The summed E-state index contributed by atoms with van der Waals surface area (Å²) in [5.74, 6) is 1.62. The zero-order chi connectivity index (χ0) is 22.5. The van der Waals surface area contributed by atoms with Crippen molar-refractivity contribution in [1.29, 1.82) is 0 Å². The fourth-order valence-electron chi connectivity index (χ4n) is 3.38. The summed E-state index contributed by atoms with van der Waals surface area (Å²) in [6.07, 6.45) is 0. The summed E-state index contributed by atoms with van der Waals surface area (Å²) in [5.41, 5.74) is 2.21. The van der Waals surface area contributed by atoms with E-state index >= 15 is 0 Å². The molecule has 0 bridgehead atoms. The molecule has 3 aromatic carbocycles. The number of ether oxygens (including phenoxy) is 3. The van der Waals surface area contributed by atoms with E-state index in [0.717, 1.165) is 15.8 Å². The molecule has 0 N–H and O–H groups in total. The van der Waals surface area contributed by atoms with Crippen molar-refractivity contribution in [3.63, 3.8) is 0 Å². The number of carbonyl (C=O) groups is 1. The van der Waals surface area contributed by atoms with Crippen molar-refractivity contribution in [2.24, 2.45) is 0 Å². The normalized spacial score (nSPS) is 10.7. The molecule has 4 aromatic rings. The maximum atomic E-state index is 13.7. The molecule has 1 amide bonds. The topological polar surface area (TPSA) is 60.9 Å². The fraction of sp³-hybridized carbons (Fsp3) is 0.200. The van der Waals surface area contributed by atoms with Crippen LogP contribution in [0, 0.1) is 0 Å². The van der Waals surface area contributed by atoms with E-state index in [1.54, 1.807) is 37.3 Å². The van der Waals surface area contributed by atoms with E-state index in [1.165, 1.54) is 11.3 Å². The molecule has 6 nitrogen and oxygen atoms in total. The highest BCUT2D eigenvalue weighted by Gasteiger charge is 2.24. The predicted molar refractivity (Wildman–Crippen MR) is 127 cm³/mol. The molecule has 0 aliphatic heterocycles. The van der Waals surface area contributed by atoms with Gasteiger partial charge in [-0.3, -0.25) is 9.69 Å². The van der Waals surface area contributed by atoms with Crippen LogP contribution in [-0.4, -0.2) is 31.7 Å². The molecule has 0 aliphatic carbocycles. The quantitative estimate of drug-likeness (QED) is 0.353. The lowest BCUT2D eigenvalue weighted by Crippen LogP contribution is -2.30. The maximum Gasteiger partial charge on any atom is 0.260 e. The van der Waals surface area contributed by atoms with Crippen molar-refractivity contribution >= 4 is 32.6 Å². The highest BCUT2D eigenvalue weighted by molar-refractivity contribution is 7.22. The molecule has 1 heterocycles.